The van der Waals surface area contributed by atoms with Gasteiger partial charge in [0.25, 0.3) is 0 Å². The predicted octanol–water partition coefficient (Wildman–Crippen LogP) is 3.78. The molecule has 0 aliphatic heterocycles. The van der Waals surface area contributed by atoms with Crippen LogP contribution in [0.15, 0.2) is 52.9 Å². The van der Waals surface area contributed by atoms with Crippen molar-refractivity contribution in [3.05, 3.63) is 71.0 Å². The third-order valence-electron chi connectivity index (χ3n) is 3.79. The number of para-hydroxylation sites is 1. The average molecular weight is 352 g/mol. The van der Waals surface area contributed by atoms with Gasteiger partial charge in [0.15, 0.2) is 0 Å². The summed E-state index contributed by atoms with van der Waals surface area (Å²) < 4.78 is 15.9. The molecular weight excluding hydrogens is 336 g/mol. The standard InChI is InChI=1S/C20H16O6/c1-2-24-20(23)18-16(15-5-3-4-6-17(15)26-18)12-25-19(22)14-9-7-13(11-21)8-10-14/h3-11H,2,12H2,1H3. The van der Waals surface area contributed by atoms with Crippen molar-refractivity contribution in [3.8, 4) is 0 Å². The van der Waals surface area contributed by atoms with Crippen molar-refractivity contribution in [2.24, 2.45) is 0 Å². The molecule has 0 unspecified atom stereocenters. The molecule has 0 amide bonds. The summed E-state index contributed by atoms with van der Waals surface area (Å²) in [5, 5.41) is 0.680. The molecule has 0 radical (unpaired) electrons. The van der Waals surface area contributed by atoms with Crippen molar-refractivity contribution in [2.45, 2.75) is 13.5 Å². The van der Waals surface area contributed by atoms with E-state index in [4.69, 9.17) is 13.9 Å². The van der Waals surface area contributed by atoms with Crippen LogP contribution in [0.1, 0.15) is 43.8 Å². The molecule has 6 heteroatoms. The number of aldehydes is 1. The lowest BCUT2D eigenvalue weighted by atomic mass is 10.1. The maximum absolute atomic E-state index is 12.2. The Morgan fingerprint density at radius 3 is 2.42 bits per heavy atom. The highest BCUT2D eigenvalue weighted by Gasteiger charge is 2.22. The van der Waals surface area contributed by atoms with Gasteiger partial charge in [-0.05, 0) is 25.1 Å². The van der Waals surface area contributed by atoms with E-state index in [9.17, 15) is 14.4 Å². The minimum atomic E-state index is -0.606. The third-order valence-corrected chi connectivity index (χ3v) is 3.79. The maximum atomic E-state index is 12.2. The quantitative estimate of drug-likeness (QED) is 0.496. The molecule has 1 heterocycles. The van der Waals surface area contributed by atoms with E-state index in [1.807, 2.05) is 0 Å². The molecule has 26 heavy (non-hydrogen) atoms. The monoisotopic (exact) mass is 352 g/mol. The highest BCUT2D eigenvalue weighted by Crippen LogP contribution is 2.27. The van der Waals surface area contributed by atoms with Crippen LogP contribution in [0.3, 0.4) is 0 Å². The first kappa shape index (κ1) is 17.4. The van der Waals surface area contributed by atoms with Crippen LogP contribution in [0.2, 0.25) is 0 Å². The fraction of sp³-hybridized carbons (Fsp3) is 0.150. The van der Waals surface area contributed by atoms with Crippen LogP contribution in [0, 0.1) is 0 Å². The van der Waals surface area contributed by atoms with Gasteiger partial charge in [0.2, 0.25) is 5.76 Å². The highest BCUT2D eigenvalue weighted by atomic mass is 16.5. The zero-order valence-electron chi connectivity index (χ0n) is 14.1. The first-order valence-corrected chi connectivity index (χ1v) is 8.04. The molecule has 0 aliphatic rings. The number of benzene rings is 2. The number of hydrogen-bond donors (Lipinski definition) is 0. The Hall–Kier alpha value is -3.41. The summed E-state index contributed by atoms with van der Waals surface area (Å²) in [4.78, 5) is 35.0. The Kier molecular flexibility index (Phi) is 5.12. The third kappa shape index (κ3) is 3.49. The Morgan fingerprint density at radius 1 is 1.00 bits per heavy atom. The van der Waals surface area contributed by atoms with Crippen LogP contribution in [0.4, 0.5) is 0 Å². The highest BCUT2D eigenvalue weighted by molar-refractivity contribution is 5.96. The number of rotatable bonds is 6. The predicted molar refractivity (Wildman–Crippen MR) is 93.1 cm³/mol. The second kappa shape index (κ2) is 7.65. The minimum absolute atomic E-state index is 0.0251. The van der Waals surface area contributed by atoms with Crippen LogP contribution in [-0.2, 0) is 16.1 Å². The first-order chi connectivity index (χ1) is 12.6. The number of hydrogen-bond acceptors (Lipinski definition) is 6. The number of carbonyl (C=O) groups excluding carboxylic acids is 3. The summed E-state index contributed by atoms with van der Waals surface area (Å²) in [5.41, 5.74) is 1.74. The van der Waals surface area contributed by atoms with Crippen LogP contribution < -0.4 is 0 Å². The fourth-order valence-corrected chi connectivity index (χ4v) is 2.52. The molecule has 0 N–H and O–H groups in total. The lowest BCUT2D eigenvalue weighted by molar-refractivity contribution is 0.0435. The Labute approximate surface area is 149 Å². The number of carbonyl (C=O) groups is 3. The van der Waals surface area contributed by atoms with Crippen LogP contribution in [0.5, 0.6) is 0 Å². The van der Waals surface area contributed by atoms with E-state index in [0.717, 1.165) is 0 Å². The molecule has 0 spiro atoms. The smallest absolute Gasteiger partial charge is 0.374 e. The Balaban J connectivity index is 1.85. The normalized spacial score (nSPS) is 10.5. The SMILES string of the molecule is CCOC(=O)c1oc2ccccc2c1COC(=O)c1ccc(C=O)cc1. The molecule has 0 aliphatic carbocycles. The molecule has 6 nitrogen and oxygen atoms in total. The molecule has 2 aromatic carbocycles. The first-order valence-electron chi connectivity index (χ1n) is 8.04. The average Bonchev–Trinajstić information content (AvgIpc) is 3.05. The fourth-order valence-electron chi connectivity index (χ4n) is 2.52. The lowest BCUT2D eigenvalue weighted by Gasteiger charge is -2.06. The summed E-state index contributed by atoms with van der Waals surface area (Å²) >= 11 is 0. The van der Waals surface area contributed by atoms with Crippen molar-refractivity contribution in [3.63, 3.8) is 0 Å². The molecule has 0 saturated carbocycles. The van der Waals surface area contributed by atoms with Gasteiger partial charge in [-0.15, -0.1) is 0 Å². The van der Waals surface area contributed by atoms with Gasteiger partial charge in [0, 0.05) is 10.9 Å². The molecule has 3 rings (SSSR count). The zero-order valence-corrected chi connectivity index (χ0v) is 14.1. The molecular formula is C20H16O6. The molecule has 0 bridgehead atoms. The van der Waals surface area contributed by atoms with Crippen molar-refractivity contribution >= 4 is 29.2 Å². The number of ether oxygens (including phenoxy) is 2. The van der Waals surface area contributed by atoms with E-state index in [1.54, 1.807) is 31.2 Å². The van der Waals surface area contributed by atoms with Crippen LogP contribution in [-0.4, -0.2) is 24.8 Å². The summed E-state index contributed by atoms with van der Waals surface area (Å²) in [7, 11) is 0. The summed E-state index contributed by atoms with van der Waals surface area (Å²) in [6.45, 7) is 1.76. The van der Waals surface area contributed by atoms with Crippen molar-refractivity contribution < 1.29 is 28.3 Å². The van der Waals surface area contributed by atoms with Gasteiger partial charge in [0.05, 0.1) is 17.7 Å². The van der Waals surface area contributed by atoms with E-state index in [2.05, 4.69) is 0 Å². The Bertz CT molecular complexity index is 952. The molecule has 1 aromatic heterocycles. The molecule has 132 valence electrons. The summed E-state index contributed by atoms with van der Waals surface area (Å²) in [6.07, 6.45) is 0.693. The molecule has 3 aromatic rings. The van der Waals surface area contributed by atoms with E-state index >= 15 is 0 Å². The number of esters is 2. The lowest BCUT2D eigenvalue weighted by Crippen LogP contribution is -2.10. The van der Waals surface area contributed by atoms with Gasteiger partial charge in [-0.3, -0.25) is 4.79 Å². The van der Waals surface area contributed by atoms with Gasteiger partial charge in [-0.2, -0.15) is 0 Å². The summed E-state index contributed by atoms with van der Waals surface area (Å²) in [5.74, 6) is -1.15. The second-order valence-corrected chi connectivity index (χ2v) is 5.44. The molecule has 0 fully saturated rings. The zero-order chi connectivity index (χ0) is 18.5. The number of furan rings is 1. The van der Waals surface area contributed by atoms with Crippen molar-refractivity contribution in [1.82, 2.24) is 0 Å². The van der Waals surface area contributed by atoms with Gasteiger partial charge in [-0.25, -0.2) is 9.59 Å². The van der Waals surface area contributed by atoms with Crippen molar-refractivity contribution in [2.75, 3.05) is 6.61 Å². The van der Waals surface area contributed by atoms with E-state index in [1.165, 1.54) is 24.3 Å². The largest absolute Gasteiger partial charge is 0.460 e. The van der Waals surface area contributed by atoms with Gasteiger partial charge in [-0.1, -0.05) is 30.3 Å². The Morgan fingerprint density at radius 2 is 1.73 bits per heavy atom. The minimum Gasteiger partial charge on any atom is -0.460 e. The summed E-state index contributed by atoms with van der Waals surface area (Å²) in [6, 6.07) is 13.2. The van der Waals surface area contributed by atoms with Crippen molar-refractivity contribution in [1.29, 1.82) is 0 Å². The van der Waals surface area contributed by atoms with E-state index in [-0.39, 0.29) is 19.0 Å². The topological polar surface area (TPSA) is 82.8 Å². The van der Waals surface area contributed by atoms with Crippen LogP contribution in [0.25, 0.3) is 11.0 Å². The maximum Gasteiger partial charge on any atom is 0.374 e. The number of fused-ring (bicyclic) bond motifs is 1. The van der Waals surface area contributed by atoms with Crippen LogP contribution >= 0.6 is 0 Å². The van der Waals surface area contributed by atoms with Gasteiger partial charge < -0.3 is 13.9 Å². The van der Waals surface area contributed by atoms with Gasteiger partial charge in [0.1, 0.15) is 18.5 Å². The van der Waals surface area contributed by atoms with E-state index < -0.39 is 11.9 Å². The van der Waals surface area contributed by atoms with Gasteiger partial charge >= 0.3 is 11.9 Å². The molecule has 0 saturated heterocycles. The van der Waals surface area contributed by atoms with E-state index in [0.29, 0.717) is 33.9 Å². The molecule has 0 atom stereocenters. The second-order valence-electron chi connectivity index (χ2n) is 5.44.